The summed E-state index contributed by atoms with van der Waals surface area (Å²) < 4.78 is 0. The molecule has 3 amide bonds. The van der Waals surface area contributed by atoms with E-state index in [1.54, 1.807) is 6.20 Å². The maximum atomic E-state index is 12.6. The highest BCUT2D eigenvalue weighted by atomic mass is 32.1. The van der Waals surface area contributed by atoms with Crippen LogP contribution in [0.2, 0.25) is 0 Å². The lowest BCUT2D eigenvalue weighted by Gasteiger charge is -2.20. The van der Waals surface area contributed by atoms with Crippen molar-refractivity contribution in [1.29, 1.82) is 0 Å². The van der Waals surface area contributed by atoms with E-state index in [1.165, 1.54) is 0 Å². The lowest BCUT2D eigenvalue weighted by Crippen LogP contribution is -2.54. The topological polar surface area (TPSA) is 166 Å². The number of nitrogens with one attached hydrogen (secondary N) is 4. The highest BCUT2D eigenvalue weighted by Gasteiger charge is 2.27. The van der Waals surface area contributed by atoms with Crippen LogP contribution < -0.4 is 21.7 Å². The quantitative estimate of drug-likeness (QED) is 0.215. The van der Waals surface area contributed by atoms with Crippen LogP contribution in [-0.4, -0.2) is 64.2 Å². The van der Waals surface area contributed by atoms with E-state index in [1.807, 2.05) is 38.1 Å². The van der Waals surface area contributed by atoms with Crippen molar-refractivity contribution < 1.29 is 24.3 Å². The van der Waals surface area contributed by atoms with Gasteiger partial charge in [0.05, 0.1) is 12.6 Å². The van der Waals surface area contributed by atoms with E-state index in [9.17, 15) is 24.3 Å². The molecule has 0 bridgehead atoms. The van der Waals surface area contributed by atoms with Crippen LogP contribution in [0.3, 0.4) is 0 Å². The fraction of sp³-hybridized carbons (Fsp3) is 0.455. The van der Waals surface area contributed by atoms with Crippen molar-refractivity contribution in [3.8, 4) is 0 Å². The molecule has 0 aliphatic carbocycles. The van der Waals surface area contributed by atoms with E-state index >= 15 is 0 Å². The van der Waals surface area contributed by atoms with E-state index in [0.29, 0.717) is 6.42 Å². The summed E-state index contributed by atoms with van der Waals surface area (Å²) in [5.41, 5.74) is 7.38. The van der Waals surface area contributed by atoms with Gasteiger partial charge in [0, 0.05) is 29.3 Å². The Morgan fingerprint density at radius 2 is 1.79 bits per heavy atom. The number of thiol groups is 1. The molecule has 10 nitrogen and oxygen atoms in total. The number of H-pyrrole nitrogens is 1. The number of hydrogen-bond donors (Lipinski definition) is 7. The lowest BCUT2D eigenvalue weighted by atomic mass is 10.0. The van der Waals surface area contributed by atoms with Crippen molar-refractivity contribution in [2.45, 2.75) is 44.8 Å². The molecule has 1 aromatic heterocycles. The molecule has 0 aliphatic rings. The van der Waals surface area contributed by atoms with Gasteiger partial charge in [-0.15, -0.1) is 0 Å². The number of carbonyl (C=O) groups excluding carboxylic acids is 3. The Morgan fingerprint density at radius 1 is 1.09 bits per heavy atom. The normalized spacial score (nSPS) is 13.8. The van der Waals surface area contributed by atoms with Gasteiger partial charge >= 0.3 is 5.97 Å². The van der Waals surface area contributed by atoms with Crippen LogP contribution in [0.15, 0.2) is 30.5 Å². The van der Waals surface area contributed by atoms with Crippen LogP contribution in [0, 0.1) is 5.92 Å². The summed E-state index contributed by atoms with van der Waals surface area (Å²) in [6.07, 6.45) is 2.24. The molecule has 0 fully saturated rings. The van der Waals surface area contributed by atoms with E-state index in [-0.39, 0.29) is 24.6 Å². The number of para-hydroxylation sites is 1. The molecule has 33 heavy (non-hydrogen) atoms. The van der Waals surface area contributed by atoms with E-state index in [0.717, 1.165) is 16.5 Å². The van der Waals surface area contributed by atoms with E-state index in [2.05, 4.69) is 33.6 Å². The first-order valence-electron chi connectivity index (χ1n) is 10.6. The number of hydrogen-bond acceptors (Lipinski definition) is 6. The van der Waals surface area contributed by atoms with Crippen molar-refractivity contribution in [3.63, 3.8) is 0 Å². The standard InChI is InChI=1S/C22H31N5O5S/c1-12(2)7-15(23)20(29)25-10-19(28)26-18(11-33)21(30)27-17(22(31)32)8-13-9-24-16-6-4-3-5-14(13)16/h3-6,9,12,15,17-18,24,33H,7-8,10-11,23H2,1-2H3,(H,25,29)(H,26,28)(H,27,30)(H,31,32). The van der Waals surface area contributed by atoms with Gasteiger partial charge in [0.15, 0.2) is 0 Å². The summed E-state index contributed by atoms with van der Waals surface area (Å²) in [5.74, 6) is -2.80. The van der Waals surface area contributed by atoms with Gasteiger partial charge in [-0.3, -0.25) is 14.4 Å². The second-order valence-electron chi connectivity index (χ2n) is 8.22. The first kappa shape index (κ1) is 26.2. The molecule has 3 atom stereocenters. The molecule has 0 spiro atoms. The van der Waals surface area contributed by atoms with Crippen molar-refractivity contribution in [1.82, 2.24) is 20.9 Å². The summed E-state index contributed by atoms with van der Waals surface area (Å²) in [6.45, 7) is 3.50. The van der Waals surface area contributed by atoms with Gasteiger partial charge in [-0.25, -0.2) is 4.79 Å². The molecule has 0 aliphatic heterocycles. The SMILES string of the molecule is CC(C)CC(N)C(=O)NCC(=O)NC(CS)C(=O)NC(Cc1c[nH]c2ccccc12)C(=O)O. The van der Waals surface area contributed by atoms with Crippen molar-refractivity contribution in [2.24, 2.45) is 11.7 Å². The Kier molecular flexibility index (Phi) is 9.74. The second-order valence-corrected chi connectivity index (χ2v) is 8.58. The average molecular weight is 478 g/mol. The fourth-order valence-corrected chi connectivity index (χ4v) is 3.60. The number of aliphatic carboxylic acids is 1. The largest absolute Gasteiger partial charge is 0.480 e. The zero-order chi connectivity index (χ0) is 24.5. The molecule has 0 saturated heterocycles. The highest BCUT2D eigenvalue weighted by molar-refractivity contribution is 7.80. The number of amides is 3. The smallest absolute Gasteiger partial charge is 0.326 e. The molecule has 3 unspecified atom stereocenters. The van der Waals surface area contributed by atoms with Crippen LogP contribution in [0.1, 0.15) is 25.8 Å². The first-order valence-corrected chi connectivity index (χ1v) is 11.3. The second kappa shape index (κ2) is 12.3. The Balaban J connectivity index is 1.93. The summed E-state index contributed by atoms with van der Waals surface area (Å²) >= 11 is 4.08. The Morgan fingerprint density at radius 3 is 2.42 bits per heavy atom. The van der Waals surface area contributed by atoms with Crippen LogP contribution in [0.4, 0.5) is 0 Å². The maximum Gasteiger partial charge on any atom is 0.326 e. The van der Waals surface area contributed by atoms with Gasteiger partial charge in [-0.2, -0.15) is 12.6 Å². The number of aromatic nitrogens is 1. The number of benzene rings is 1. The molecular weight excluding hydrogens is 446 g/mol. The minimum absolute atomic E-state index is 0.0577. The summed E-state index contributed by atoms with van der Waals surface area (Å²) in [4.78, 5) is 51.6. The molecule has 0 radical (unpaired) electrons. The van der Waals surface area contributed by atoms with Crippen LogP contribution in [0.25, 0.3) is 10.9 Å². The average Bonchev–Trinajstić information content (AvgIpc) is 3.17. The number of fused-ring (bicyclic) bond motifs is 1. The summed E-state index contributed by atoms with van der Waals surface area (Å²) in [7, 11) is 0. The third-order valence-corrected chi connectivity index (χ3v) is 5.40. The van der Waals surface area contributed by atoms with Crippen molar-refractivity contribution in [2.75, 3.05) is 12.3 Å². The molecule has 7 N–H and O–H groups in total. The zero-order valence-corrected chi connectivity index (χ0v) is 19.5. The number of nitrogens with two attached hydrogens (primary N) is 1. The van der Waals surface area contributed by atoms with Gasteiger partial charge in [0.25, 0.3) is 0 Å². The molecule has 1 heterocycles. The van der Waals surface area contributed by atoms with Crippen LogP contribution in [0.5, 0.6) is 0 Å². The fourth-order valence-electron chi connectivity index (χ4n) is 3.35. The van der Waals surface area contributed by atoms with E-state index in [4.69, 9.17) is 5.73 Å². The minimum atomic E-state index is -1.20. The maximum absolute atomic E-state index is 12.6. The monoisotopic (exact) mass is 477 g/mol. The number of carboxylic acid groups (broad SMARTS) is 1. The van der Waals surface area contributed by atoms with Gasteiger partial charge < -0.3 is 31.8 Å². The molecule has 2 aromatic rings. The zero-order valence-electron chi connectivity index (χ0n) is 18.6. The summed E-state index contributed by atoms with van der Waals surface area (Å²) in [6, 6.07) is 4.42. The summed E-state index contributed by atoms with van der Waals surface area (Å²) in [5, 5.41) is 17.8. The molecule has 0 saturated carbocycles. The molecule has 11 heteroatoms. The molecule has 2 rings (SSSR count). The van der Waals surface area contributed by atoms with Crippen molar-refractivity contribution >= 4 is 47.2 Å². The van der Waals surface area contributed by atoms with Crippen molar-refractivity contribution in [3.05, 3.63) is 36.0 Å². The van der Waals surface area contributed by atoms with Gasteiger partial charge in [0.1, 0.15) is 12.1 Å². The predicted octanol–water partition coefficient (Wildman–Crippen LogP) is 0.184. The van der Waals surface area contributed by atoms with Crippen LogP contribution in [-0.2, 0) is 25.6 Å². The van der Waals surface area contributed by atoms with E-state index < -0.39 is 41.8 Å². The molecule has 1 aromatic carbocycles. The third-order valence-electron chi connectivity index (χ3n) is 5.03. The number of rotatable bonds is 12. The Labute approximate surface area is 197 Å². The molecule has 180 valence electrons. The Bertz CT molecular complexity index is 992. The minimum Gasteiger partial charge on any atom is -0.480 e. The number of carbonyl (C=O) groups is 4. The predicted molar refractivity (Wildman–Crippen MR) is 128 cm³/mol. The lowest BCUT2D eigenvalue weighted by molar-refractivity contribution is -0.142. The Hall–Kier alpha value is -3.05. The number of carboxylic acids is 1. The van der Waals surface area contributed by atoms with Gasteiger partial charge in [0.2, 0.25) is 17.7 Å². The first-order chi connectivity index (χ1) is 15.6. The number of aromatic amines is 1. The van der Waals surface area contributed by atoms with Gasteiger partial charge in [-0.05, 0) is 24.0 Å². The highest BCUT2D eigenvalue weighted by Crippen LogP contribution is 2.19. The van der Waals surface area contributed by atoms with Crippen LogP contribution >= 0.6 is 12.6 Å². The van der Waals surface area contributed by atoms with Gasteiger partial charge in [-0.1, -0.05) is 32.0 Å². The molecular formula is C22H31N5O5S. The third kappa shape index (κ3) is 7.79.